The summed E-state index contributed by atoms with van der Waals surface area (Å²) in [4.78, 5) is 22.6. The van der Waals surface area contributed by atoms with Crippen molar-refractivity contribution >= 4 is 29.3 Å². The van der Waals surface area contributed by atoms with Gasteiger partial charge in [0.05, 0.1) is 9.95 Å². The van der Waals surface area contributed by atoms with Crippen molar-refractivity contribution in [2.45, 2.75) is 6.42 Å². The first-order valence-corrected chi connectivity index (χ1v) is 9.34. The highest BCUT2D eigenvalue weighted by Gasteiger charge is 2.14. The van der Waals surface area contributed by atoms with E-state index in [1.54, 1.807) is 12.1 Å². The fourth-order valence-corrected chi connectivity index (χ4v) is 3.01. The molecule has 0 atom stereocenters. The highest BCUT2D eigenvalue weighted by atomic mass is 35.5. The maximum absolute atomic E-state index is 12.3. The van der Waals surface area contributed by atoms with E-state index >= 15 is 0 Å². The predicted molar refractivity (Wildman–Crippen MR) is 113 cm³/mol. The number of nitro benzene ring substituents is 1. The summed E-state index contributed by atoms with van der Waals surface area (Å²) in [7, 11) is 0. The summed E-state index contributed by atoms with van der Waals surface area (Å²) in [5, 5.41) is 23.0. The lowest BCUT2D eigenvalue weighted by molar-refractivity contribution is -0.384. The second-order valence-electron chi connectivity index (χ2n) is 6.28. The maximum Gasteiger partial charge on any atom is 0.270 e. The Balaban J connectivity index is 1.69. The molecule has 3 rings (SSSR count). The van der Waals surface area contributed by atoms with Crippen molar-refractivity contribution in [1.82, 2.24) is 5.32 Å². The van der Waals surface area contributed by atoms with Crippen molar-refractivity contribution < 1.29 is 14.1 Å². The average Bonchev–Trinajstić information content (AvgIpc) is 3.20. The van der Waals surface area contributed by atoms with E-state index in [-0.39, 0.29) is 22.0 Å². The van der Waals surface area contributed by atoms with Crippen LogP contribution in [0.3, 0.4) is 0 Å². The Hall–Kier alpha value is -3.89. The summed E-state index contributed by atoms with van der Waals surface area (Å²) in [6.07, 6.45) is 1.98. The van der Waals surface area contributed by atoms with E-state index in [0.717, 1.165) is 5.56 Å². The lowest BCUT2D eigenvalue weighted by Gasteiger charge is -2.04. The van der Waals surface area contributed by atoms with Crippen LogP contribution in [0.4, 0.5) is 5.69 Å². The van der Waals surface area contributed by atoms with Crippen molar-refractivity contribution in [3.05, 3.63) is 92.7 Å². The van der Waals surface area contributed by atoms with Crippen LogP contribution in [0, 0.1) is 21.4 Å². The van der Waals surface area contributed by atoms with Crippen molar-refractivity contribution in [3.8, 4) is 17.4 Å². The molecule has 1 amide bonds. The van der Waals surface area contributed by atoms with Gasteiger partial charge in [0.25, 0.3) is 11.6 Å². The minimum atomic E-state index is -0.540. The number of carbonyl (C=O) groups is 1. The van der Waals surface area contributed by atoms with Crippen molar-refractivity contribution in [2.24, 2.45) is 0 Å². The van der Waals surface area contributed by atoms with Crippen LogP contribution in [0.2, 0.25) is 5.02 Å². The summed E-state index contributed by atoms with van der Waals surface area (Å²) in [5.74, 6) is 0.150. The molecule has 0 spiro atoms. The van der Waals surface area contributed by atoms with Crippen molar-refractivity contribution in [1.29, 1.82) is 5.26 Å². The van der Waals surface area contributed by atoms with Crippen molar-refractivity contribution in [3.63, 3.8) is 0 Å². The number of hydrogen-bond donors (Lipinski definition) is 1. The molecule has 7 nitrogen and oxygen atoms in total. The van der Waals surface area contributed by atoms with Gasteiger partial charge < -0.3 is 9.73 Å². The van der Waals surface area contributed by atoms with Gasteiger partial charge in [-0.05, 0) is 30.2 Å². The van der Waals surface area contributed by atoms with E-state index in [2.05, 4.69) is 5.32 Å². The zero-order valence-corrected chi connectivity index (χ0v) is 16.4. The van der Waals surface area contributed by atoms with Gasteiger partial charge in [0, 0.05) is 30.3 Å². The highest BCUT2D eigenvalue weighted by molar-refractivity contribution is 6.33. The van der Waals surface area contributed by atoms with E-state index < -0.39 is 10.8 Å². The summed E-state index contributed by atoms with van der Waals surface area (Å²) < 4.78 is 5.65. The first-order chi connectivity index (χ1) is 14.5. The third kappa shape index (κ3) is 5.13. The SMILES string of the molecule is N#C/C(=C/c1ccc(-c2ccc([N+](=O)[O-])cc2Cl)o1)C(=O)NCCc1ccccc1. The molecule has 0 bridgehead atoms. The number of nitrogens with one attached hydrogen (secondary N) is 1. The monoisotopic (exact) mass is 421 g/mol. The second kappa shape index (κ2) is 9.54. The van der Waals surface area contributed by atoms with E-state index in [4.69, 9.17) is 16.0 Å². The van der Waals surface area contributed by atoms with Crippen LogP contribution in [-0.4, -0.2) is 17.4 Å². The molecule has 0 aliphatic heterocycles. The zero-order chi connectivity index (χ0) is 21.5. The lowest BCUT2D eigenvalue weighted by Crippen LogP contribution is -2.26. The molecule has 1 aromatic heterocycles. The quantitative estimate of drug-likeness (QED) is 0.255. The average molecular weight is 422 g/mol. The van der Waals surface area contributed by atoms with E-state index in [1.807, 2.05) is 36.4 Å². The minimum Gasteiger partial charge on any atom is -0.457 e. The standard InChI is InChI=1S/C22H16ClN3O4/c23-20-13-17(26(28)29)6-8-19(20)21-9-7-18(30-21)12-16(14-24)22(27)25-11-10-15-4-2-1-3-5-15/h1-9,12-13H,10-11H2,(H,25,27)/b16-12-. The van der Waals surface area contributed by atoms with Gasteiger partial charge in [0.1, 0.15) is 23.2 Å². The van der Waals surface area contributed by atoms with Crippen LogP contribution in [0.15, 0.2) is 70.7 Å². The number of nitrogens with zero attached hydrogens (tertiary/aromatic N) is 2. The second-order valence-corrected chi connectivity index (χ2v) is 6.69. The van der Waals surface area contributed by atoms with Gasteiger partial charge in [-0.15, -0.1) is 0 Å². The maximum atomic E-state index is 12.3. The predicted octanol–water partition coefficient (Wildman–Crippen LogP) is 4.77. The summed E-state index contributed by atoms with van der Waals surface area (Å²) >= 11 is 6.11. The van der Waals surface area contributed by atoms with Gasteiger partial charge in [-0.1, -0.05) is 41.9 Å². The van der Waals surface area contributed by atoms with E-state index in [1.165, 1.54) is 24.3 Å². The number of carbonyl (C=O) groups excluding carboxylic acids is 1. The molecular weight excluding hydrogens is 406 g/mol. The molecule has 0 fully saturated rings. The number of benzene rings is 2. The van der Waals surface area contributed by atoms with Gasteiger partial charge in [0.15, 0.2) is 0 Å². The number of amides is 1. The third-order valence-corrected chi connectivity index (χ3v) is 4.56. The molecule has 0 saturated carbocycles. The van der Waals surface area contributed by atoms with E-state index in [9.17, 15) is 20.2 Å². The fraction of sp³-hybridized carbons (Fsp3) is 0.0909. The van der Waals surface area contributed by atoms with Crippen LogP contribution in [0.1, 0.15) is 11.3 Å². The Bertz CT molecular complexity index is 1150. The Morgan fingerprint density at radius 2 is 1.97 bits per heavy atom. The smallest absolute Gasteiger partial charge is 0.270 e. The van der Waals surface area contributed by atoms with Crippen LogP contribution < -0.4 is 5.32 Å². The molecule has 1 N–H and O–H groups in total. The normalized spacial score (nSPS) is 11.0. The van der Waals surface area contributed by atoms with Crippen LogP contribution in [0.25, 0.3) is 17.4 Å². The van der Waals surface area contributed by atoms with Crippen molar-refractivity contribution in [2.75, 3.05) is 6.54 Å². The molecule has 0 radical (unpaired) electrons. The molecule has 8 heteroatoms. The number of nitriles is 1. The number of hydrogen-bond acceptors (Lipinski definition) is 5. The molecule has 1 heterocycles. The number of furan rings is 1. The Morgan fingerprint density at radius 1 is 1.20 bits per heavy atom. The Morgan fingerprint density at radius 3 is 2.63 bits per heavy atom. The lowest BCUT2D eigenvalue weighted by atomic mass is 10.1. The highest BCUT2D eigenvalue weighted by Crippen LogP contribution is 2.32. The first kappa shape index (κ1) is 20.8. The summed E-state index contributed by atoms with van der Waals surface area (Å²) in [6.45, 7) is 0.393. The fourth-order valence-electron chi connectivity index (χ4n) is 2.74. The Kier molecular flexibility index (Phi) is 6.63. The number of non-ortho nitro benzene ring substituents is 1. The Labute approximate surface area is 177 Å². The molecule has 30 heavy (non-hydrogen) atoms. The van der Waals surface area contributed by atoms with Crippen LogP contribution in [-0.2, 0) is 11.2 Å². The first-order valence-electron chi connectivity index (χ1n) is 8.96. The third-order valence-electron chi connectivity index (χ3n) is 4.25. The number of nitro groups is 1. The summed E-state index contributed by atoms with van der Waals surface area (Å²) in [6, 6.07) is 18.8. The molecule has 3 aromatic rings. The van der Waals surface area contributed by atoms with Gasteiger partial charge in [-0.3, -0.25) is 14.9 Å². The molecule has 150 valence electrons. The molecule has 0 aliphatic carbocycles. The summed E-state index contributed by atoms with van der Waals surface area (Å²) in [5.41, 5.74) is 1.32. The molecule has 0 unspecified atom stereocenters. The van der Waals surface area contributed by atoms with Gasteiger partial charge in [-0.2, -0.15) is 5.26 Å². The van der Waals surface area contributed by atoms with Gasteiger partial charge in [0.2, 0.25) is 0 Å². The molecule has 2 aromatic carbocycles. The molecule has 0 aliphatic rings. The largest absolute Gasteiger partial charge is 0.457 e. The molecule has 0 saturated heterocycles. The minimum absolute atomic E-state index is 0.0984. The van der Waals surface area contributed by atoms with Crippen LogP contribution in [0.5, 0.6) is 0 Å². The number of rotatable bonds is 7. The zero-order valence-electron chi connectivity index (χ0n) is 15.7. The molecular formula is C22H16ClN3O4. The van der Waals surface area contributed by atoms with Gasteiger partial charge in [-0.25, -0.2) is 0 Å². The van der Waals surface area contributed by atoms with Gasteiger partial charge >= 0.3 is 0 Å². The van der Waals surface area contributed by atoms with E-state index in [0.29, 0.717) is 24.3 Å². The number of halogens is 1. The topological polar surface area (TPSA) is 109 Å². The van der Waals surface area contributed by atoms with Crippen LogP contribution >= 0.6 is 11.6 Å².